The molecule has 1 unspecified atom stereocenters. The van der Waals surface area contributed by atoms with Gasteiger partial charge in [0.1, 0.15) is 11.5 Å². The number of rotatable bonds is 4. The van der Waals surface area contributed by atoms with Gasteiger partial charge in [-0.3, -0.25) is 9.59 Å². The van der Waals surface area contributed by atoms with Gasteiger partial charge in [0.25, 0.3) is 0 Å². The van der Waals surface area contributed by atoms with E-state index in [1.54, 1.807) is 12.2 Å². The highest BCUT2D eigenvalue weighted by Gasteiger charge is 2.26. The molecule has 0 fully saturated rings. The van der Waals surface area contributed by atoms with E-state index >= 15 is 0 Å². The molecule has 6 heteroatoms. The Hall–Kier alpha value is -1.01. The fourth-order valence-corrected chi connectivity index (χ4v) is 2.20. The summed E-state index contributed by atoms with van der Waals surface area (Å²) in [5.41, 5.74) is -0.212. The van der Waals surface area contributed by atoms with Crippen LogP contribution in [0.4, 0.5) is 0 Å². The van der Waals surface area contributed by atoms with Crippen LogP contribution in [-0.2, 0) is 23.8 Å². The summed E-state index contributed by atoms with van der Waals surface area (Å²) >= 11 is 1.33. The first kappa shape index (κ1) is 14.1. The minimum Gasteiger partial charge on any atom is -0.468 e. The smallest absolute Gasteiger partial charge is 0.315 e. The van der Waals surface area contributed by atoms with E-state index in [-0.39, 0.29) is 35.3 Å². The quantitative estimate of drug-likeness (QED) is 0.557. The summed E-state index contributed by atoms with van der Waals surface area (Å²) < 4.78 is 15.2. The molecule has 0 N–H and O–H groups in total. The summed E-state index contributed by atoms with van der Waals surface area (Å²) in [6, 6.07) is 0. The van der Waals surface area contributed by atoms with Gasteiger partial charge in [-0.2, -0.15) is 0 Å². The van der Waals surface area contributed by atoms with Gasteiger partial charge in [0.2, 0.25) is 0 Å². The summed E-state index contributed by atoms with van der Waals surface area (Å²) in [5.74, 6) is -0.395. The normalized spacial score (nSPS) is 27.6. The molecule has 96 valence electrons. The van der Waals surface area contributed by atoms with Gasteiger partial charge in [-0.25, -0.2) is 0 Å². The summed E-state index contributed by atoms with van der Waals surface area (Å²) in [5, 5.41) is 0. The van der Waals surface area contributed by atoms with Crippen LogP contribution < -0.4 is 0 Å². The molecule has 0 spiro atoms. The minimum atomic E-state index is -0.359. The lowest BCUT2D eigenvalue weighted by molar-refractivity contribution is -0.151. The van der Waals surface area contributed by atoms with Gasteiger partial charge in [0, 0.05) is 6.92 Å². The first-order valence-corrected chi connectivity index (χ1v) is 6.27. The van der Waals surface area contributed by atoms with Gasteiger partial charge in [-0.1, -0.05) is 0 Å². The second-order valence-corrected chi connectivity index (χ2v) is 4.64. The maximum absolute atomic E-state index is 11.0. The molecule has 0 aromatic rings. The Morgan fingerprint density at radius 3 is 2.65 bits per heavy atom. The molecule has 0 aliphatic carbocycles. The van der Waals surface area contributed by atoms with Crippen molar-refractivity contribution >= 4 is 23.7 Å². The van der Waals surface area contributed by atoms with E-state index < -0.39 is 0 Å². The van der Waals surface area contributed by atoms with E-state index in [0.717, 1.165) is 0 Å². The van der Waals surface area contributed by atoms with E-state index in [2.05, 4.69) is 4.74 Å². The summed E-state index contributed by atoms with van der Waals surface area (Å²) in [6.07, 6.45) is 2.98. The van der Waals surface area contributed by atoms with Crippen molar-refractivity contribution < 1.29 is 23.8 Å². The third-order valence-corrected chi connectivity index (χ3v) is 3.16. The van der Waals surface area contributed by atoms with Crippen LogP contribution >= 0.6 is 11.8 Å². The number of hydrogen-bond acceptors (Lipinski definition) is 6. The highest BCUT2D eigenvalue weighted by molar-refractivity contribution is 8.00. The Bertz CT molecular complexity index is 315. The van der Waals surface area contributed by atoms with Crippen LogP contribution in [0.3, 0.4) is 0 Å². The Balaban J connectivity index is 2.42. The number of thioether (sulfide) groups is 1. The predicted molar refractivity (Wildman–Crippen MR) is 63.5 cm³/mol. The molecule has 0 amide bonds. The highest BCUT2D eigenvalue weighted by Crippen LogP contribution is 2.23. The zero-order valence-corrected chi connectivity index (χ0v) is 10.9. The number of carbonyl (C=O) groups is 2. The lowest BCUT2D eigenvalue weighted by atomic mass is 10.2. The molecular weight excluding hydrogens is 244 g/mol. The molecule has 3 atom stereocenters. The Morgan fingerprint density at radius 1 is 1.41 bits per heavy atom. The summed E-state index contributed by atoms with van der Waals surface area (Å²) in [6.45, 7) is 3.18. The van der Waals surface area contributed by atoms with Crippen molar-refractivity contribution in [2.24, 2.45) is 0 Å². The Morgan fingerprint density at radius 2 is 2.12 bits per heavy atom. The monoisotopic (exact) mass is 260 g/mol. The van der Waals surface area contributed by atoms with Gasteiger partial charge >= 0.3 is 11.9 Å². The Kier molecular flexibility index (Phi) is 5.50. The summed E-state index contributed by atoms with van der Waals surface area (Å²) in [7, 11) is 1.35. The van der Waals surface area contributed by atoms with E-state index in [4.69, 9.17) is 9.47 Å². The SMILES string of the molecule is COC(=O)CSC1C=C[C@@H](OC(C)=O)[C@H](C)O1. The van der Waals surface area contributed by atoms with Crippen molar-refractivity contribution in [1.29, 1.82) is 0 Å². The van der Waals surface area contributed by atoms with E-state index in [1.807, 2.05) is 6.92 Å². The topological polar surface area (TPSA) is 61.8 Å². The van der Waals surface area contributed by atoms with E-state index in [9.17, 15) is 9.59 Å². The third-order valence-electron chi connectivity index (χ3n) is 2.16. The van der Waals surface area contributed by atoms with E-state index in [1.165, 1.54) is 25.8 Å². The zero-order valence-electron chi connectivity index (χ0n) is 10.0. The van der Waals surface area contributed by atoms with Crippen LogP contribution in [0.1, 0.15) is 13.8 Å². The predicted octanol–water partition coefficient (Wildman–Crippen LogP) is 1.13. The van der Waals surface area contributed by atoms with Crippen molar-refractivity contribution in [3.8, 4) is 0 Å². The van der Waals surface area contributed by atoms with Gasteiger partial charge < -0.3 is 14.2 Å². The molecule has 0 aromatic carbocycles. The Labute approximate surface area is 104 Å². The van der Waals surface area contributed by atoms with Crippen LogP contribution in [0.5, 0.6) is 0 Å². The second-order valence-electron chi connectivity index (χ2n) is 3.56. The van der Waals surface area contributed by atoms with Crippen molar-refractivity contribution in [2.45, 2.75) is 31.5 Å². The average Bonchev–Trinajstić information content (AvgIpc) is 2.28. The highest BCUT2D eigenvalue weighted by atomic mass is 32.2. The lowest BCUT2D eigenvalue weighted by Gasteiger charge is -2.28. The molecule has 0 saturated heterocycles. The zero-order chi connectivity index (χ0) is 12.8. The van der Waals surface area contributed by atoms with Gasteiger partial charge in [0.15, 0.2) is 0 Å². The van der Waals surface area contributed by atoms with Crippen molar-refractivity contribution in [2.75, 3.05) is 12.9 Å². The molecule has 0 bridgehead atoms. The van der Waals surface area contributed by atoms with Crippen LogP contribution in [0.25, 0.3) is 0 Å². The minimum absolute atomic E-state index is 0.212. The fraction of sp³-hybridized carbons (Fsp3) is 0.636. The van der Waals surface area contributed by atoms with Crippen molar-refractivity contribution in [3.05, 3.63) is 12.2 Å². The molecule has 1 aliphatic heterocycles. The van der Waals surface area contributed by atoms with Gasteiger partial charge in [-0.05, 0) is 19.1 Å². The fourth-order valence-electron chi connectivity index (χ4n) is 1.32. The number of carbonyl (C=O) groups excluding carboxylic acids is 2. The van der Waals surface area contributed by atoms with Crippen LogP contribution in [0.2, 0.25) is 0 Å². The standard InChI is InChI=1S/C11H16O5S/c1-7-9(16-8(2)12)4-5-11(15-7)17-6-10(13)14-3/h4-5,7,9,11H,6H2,1-3H3/t7-,9+,11?/m0/s1. The van der Waals surface area contributed by atoms with Gasteiger partial charge in [0.05, 0.1) is 19.0 Å². The molecule has 0 radical (unpaired) electrons. The summed E-state index contributed by atoms with van der Waals surface area (Å²) in [4.78, 5) is 21.8. The first-order chi connectivity index (χ1) is 8.02. The number of hydrogen-bond donors (Lipinski definition) is 0. The van der Waals surface area contributed by atoms with Crippen LogP contribution in [0, 0.1) is 0 Å². The van der Waals surface area contributed by atoms with Crippen molar-refractivity contribution in [3.63, 3.8) is 0 Å². The average molecular weight is 260 g/mol. The molecule has 0 saturated carbocycles. The number of methoxy groups -OCH3 is 1. The molecular formula is C11H16O5S. The largest absolute Gasteiger partial charge is 0.468 e. The van der Waals surface area contributed by atoms with Crippen LogP contribution in [0.15, 0.2) is 12.2 Å². The van der Waals surface area contributed by atoms with E-state index in [0.29, 0.717) is 0 Å². The molecule has 17 heavy (non-hydrogen) atoms. The molecule has 1 heterocycles. The second kappa shape index (κ2) is 6.66. The van der Waals surface area contributed by atoms with Crippen molar-refractivity contribution in [1.82, 2.24) is 0 Å². The number of ether oxygens (including phenoxy) is 3. The lowest BCUT2D eigenvalue weighted by Crippen LogP contribution is -2.35. The maximum Gasteiger partial charge on any atom is 0.315 e. The van der Waals surface area contributed by atoms with Gasteiger partial charge in [-0.15, -0.1) is 11.8 Å². The molecule has 0 aromatic heterocycles. The number of esters is 2. The molecule has 5 nitrogen and oxygen atoms in total. The first-order valence-electron chi connectivity index (χ1n) is 5.22. The van der Waals surface area contributed by atoms with Crippen LogP contribution in [-0.4, -0.2) is 42.4 Å². The molecule has 1 rings (SSSR count). The molecule has 1 aliphatic rings. The third kappa shape index (κ3) is 4.79. The maximum atomic E-state index is 11.0.